The first-order valence-corrected chi connectivity index (χ1v) is 13.8. The maximum Gasteiger partial charge on any atom is 0.342 e. The van der Waals surface area contributed by atoms with Crippen molar-refractivity contribution in [1.29, 1.82) is 0 Å². The number of amidine groups is 1. The lowest BCUT2D eigenvalue weighted by Gasteiger charge is -2.26. The zero-order valence-electron chi connectivity index (χ0n) is 21.7. The number of aliphatic imine (C=N–C) groups is 1. The molecule has 1 atom stereocenters. The summed E-state index contributed by atoms with van der Waals surface area (Å²) in [5, 5.41) is 4.85. The van der Waals surface area contributed by atoms with Crippen LogP contribution in [0, 0.1) is 6.92 Å². The van der Waals surface area contributed by atoms with Gasteiger partial charge in [0.2, 0.25) is 0 Å². The largest absolute Gasteiger partial charge is 0.463 e. The number of hydrogen-bond acceptors (Lipinski definition) is 9. The van der Waals surface area contributed by atoms with Gasteiger partial charge in [0, 0.05) is 26.9 Å². The first kappa shape index (κ1) is 28.6. The summed E-state index contributed by atoms with van der Waals surface area (Å²) in [5.74, 6) is -1.02. The Hall–Kier alpha value is -3.40. The van der Waals surface area contributed by atoms with Crippen molar-refractivity contribution >= 4 is 52.1 Å². The van der Waals surface area contributed by atoms with Crippen LogP contribution >= 0.6 is 35.0 Å². The summed E-state index contributed by atoms with van der Waals surface area (Å²) in [6.07, 6.45) is 0. The van der Waals surface area contributed by atoms with Gasteiger partial charge in [-0.25, -0.2) is 24.5 Å². The molecule has 0 saturated carbocycles. The molecule has 0 aliphatic carbocycles. The predicted octanol–water partition coefficient (Wildman–Crippen LogP) is 6.57. The van der Waals surface area contributed by atoms with Gasteiger partial charge in [-0.05, 0) is 51.6 Å². The molecule has 0 radical (unpaired) electrons. The SMILES string of the molecule is CCOC(=O)C1=C(C)NC(Sc2nc(C)c(C(=O)OCC)c(-c3ccccc3Cl)n2)=NC1c1ccccc1Cl. The molecule has 0 amide bonds. The highest BCUT2D eigenvalue weighted by atomic mass is 35.5. The van der Waals surface area contributed by atoms with Crippen molar-refractivity contribution in [3.8, 4) is 11.3 Å². The third-order valence-electron chi connectivity index (χ3n) is 5.78. The van der Waals surface area contributed by atoms with E-state index in [0.717, 1.165) is 11.8 Å². The Kier molecular flexibility index (Phi) is 9.27. The van der Waals surface area contributed by atoms with E-state index in [-0.39, 0.29) is 18.8 Å². The van der Waals surface area contributed by atoms with Crippen LogP contribution in [0.5, 0.6) is 0 Å². The molecule has 2 heterocycles. The number of benzene rings is 2. The van der Waals surface area contributed by atoms with E-state index >= 15 is 0 Å². The second-order valence-corrected chi connectivity index (χ2v) is 10.1. The third-order valence-corrected chi connectivity index (χ3v) is 7.22. The van der Waals surface area contributed by atoms with Crippen LogP contribution in [0.25, 0.3) is 11.3 Å². The van der Waals surface area contributed by atoms with Crippen molar-refractivity contribution < 1.29 is 19.1 Å². The van der Waals surface area contributed by atoms with E-state index in [2.05, 4.69) is 10.3 Å². The minimum atomic E-state index is -0.704. The lowest BCUT2D eigenvalue weighted by atomic mass is 9.96. The zero-order valence-corrected chi connectivity index (χ0v) is 24.1. The summed E-state index contributed by atoms with van der Waals surface area (Å²) in [7, 11) is 0. The quantitative estimate of drug-likeness (QED) is 0.246. The normalized spacial score (nSPS) is 14.9. The van der Waals surface area contributed by atoms with Gasteiger partial charge in [-0.1, -0.05) is 59.6 Å². The molecule has 0 spiro atoms. The van der Waals surface area contributed by atoms with Crippen LogP contribution in [0.2, 0.25) is 10.0 Å². The van der Waals surface area contributed by atoms with Gasteiger partial charge >= 0.3 is 11.9 Å². The molecule has 1 aliphatic heterocycles. The average Bonchev–Trinajstić information content (AvgIpc) is 2.88. The first-order valence-electron chi connectivity index (χ1n) is 12.2. The van der Waals surface area contributed by atoms with Gasteiger partial charge in [0.25, 0.3) is 0 Å². The number of thioether (sulfide) groups is 1. The standard InChI is InChI=1S/C28H26Cl2N4O4S/c1-5-37-25(35)21-15(3)31-27(33-23(21)17-11-7-9-13-19(17)29)39-28-32-16(4)22(26(36)38-6-2)24(34-28)18-12-8-10-14-20(18)30/h7-14,23H,5-6H2,1-4H3,(H,31,33). The Morgan fingerprint density at radius 2 is 1.56 bits per heavy atom. The highest BCUT2D eigenvalue weighted by Gasteiger charge is 2.32. The first-order chi connectivity index (χ1) is 18.7. The molecule has 1 aromatic heterocycles. The van der Waals surface area contributed by atoms with Gasteiger partial charge in [-0.2, -0.15) is 0 Å². The van der Waals surface area contributed by atoms with Crippen molar-refractivity contribution in [3.63, 3.8) is 0 Å². The van der Waals surface area contributed by atoms with Crippen LogP contribution < -0.4 is 5.32 Å². The molecule has 3 aromatic rings. The number of halogens is 2. The predicted molar refractivity (Wildman–Crippen MR) is 153 cm³/mol. The van der Waals surface area contributed by atoms with Gasteiger partial charge in [0.15, 0.2) is 10.3 Å². The van der Waals surface area contributed by atoms with Crippen LogP contribution in [-0.4, -0.2) is 40.3 Å². The summed E-state index contributed by atoms with van der Waals surface area (Å²) >= 11 is 14.1. The van der Waals surface area contributed by atoms with Gasteiger partial charge in [-0.3, -0.25) is 0 Å². The molecule has 202 valence electrons. The van der Waals surface area contributed by atoms with Crippen LogP contribution in [-0.2, 0) is 14.3 Å². The number of carbonyl (C=O) groups excluding carboxylic acids is 2. The molecule has 4 rings (SSSR count). The summed E-state index contributed by atoms with van der Waals surface area (Å²) in [5.41, 5.74) is 3.19. The Labute approximate surface area is 240 Å². The van der Waals surface area contributed by atoms with Gasteiger partial charge in [-0.15, -0.1) is 0 Å². The van der Waals surface area contributed by atoms with E-state index in [0.29, 0.717) is 54.2 Å². The number of hydrogen-bond donors (Lipinski definition) is 1. The van der Waals surface area contributed by atoms with E-state index in [1.54, 1.807) is 52.0 Å². The average molecular weight is 586 g/mol. The van der Waals surface area contributed by atoms with E-state index in [1.165, 1.54) is 0 Å². The second kappa shape index (κ2) is 12.6. The number of esters is 2. The van der Waals surface area contributed by atoms with Gasteiger partial charge < -0.3 is 14.8 Å². The number of nitrogens with zero attached hydrogens (tertiary/aromatic N) is 3. The minimum absolute atomic E-state index is 0.204. The van der Waals surface area contributed by atoms with E-state index in [4.69, 9.17) is 42.7 Å². The van der Waals surface area contributed by atoms with Gasteiger partial charge in [0.05, 0.1) is 30.2 Å². The van der Waals surface area contributed by atoms with Crippen LogP contribution in [0.15, 0.2) is 69.9 Å². The monoisotopic (exact) mass is 584 g/mol. The van der Waals surface area contributed by atoms with Crippen LogP contribution in [0.1, 0.15) is 48.4 Å². The third kappa shape index (κ3) is 6.27. The molecule has 0 fully saturated rings. The van der Waals surface area contributed by atoms with Crippen molar-refractivity contribution in [3.05, 3.63) is 86.7 Å². The van der Waals surface area contributed by atoms with Crippen molar-refractivity contribution in [2.24, 2.45) is 4.99 Å². The molecule has 0 saturated heterocycles. The van der Waals surface area contributed by atoms with Gasteiger partial charge in [0.1, 0.15) is 11.6 Å². The summed E-state index contributed by atoms with van der Waals surface area (Å²) < 4.78 is 10.6. The molecule has 1 N–H and O–H groups in total. The highest BCUT2D eigenvalue weighted by Crippen LogP contribution is 2.38. The minimum Gasteiger partial charge on any atom is -0.463 e. The summed E-state index contributed by atoms with van der Waals surface area (Å²) in [6.45, 7) is 7.39. The Bertz CT molecular complexity index is 1490. The Morgan fingerprint density at radius 3 is 2.23 bits per heavy atom. The molecule has 2 aromatic carbocycles. The Morgan fingerprint density at radius 1 is 0.923 bits per heavy atom. The van der Waals surface area contributed by atoms with Crippen molar-refractivity contribution in [1.82, 2.24) is 15.3 Å². The number of nitrogens with one attached hydrogen (secondary N) is 1. The second-order valence-electron chi connectivity index (χ2n) is 8.36. The molecular formula is C28H26Cl2N4O4S. The molecule has 11 heteroatoms. The highest BCUT2D eigenvalue weighted by molar-refractivity contribution is 8.13. The fourth-order valence-electron chi connectivity index (χ4n) is 4.07. The molecule has 1 aliphatic rings. The van der Waals surface area contributed by atoms with Crippen LogP contribution in [0.4, 0.5) is 0 Å². The number of aromatic nitrogens is 2. The van der Waals surface area contributed by atoms with E-state index in [1.807, 2.05) is 24.3 Å². The van der Waals surface area contributed by atoms with Crippen LogP contribution in [0.3, 0.4) is 0 Å². The maximum atomic E-state index is 12.9. The number of rotatable bonds is 7. The zero-order chi connectivity index (χ0) is 28.1. The van der Waals surface area contributed by atoms with Crippen molar-refractivity contribution in [2.75, 3.05) is 13.2 Å². The number of allylic oxidation sites excluding steroid dienone is 1. The topological polar surface area (TPSA) is 103 Å². The summed E-state index contributed by atoms with van der Waals surface area (Å²) in [4.78, 5) is 39.8. The summed E-state index contributed by atoms with van der Waals surface area (Å²) in [6, 6.07) is 13.6. The lowest BCUT2D eigenvalue weighted by Crippen LogP contribution is -2.30. The Balaban J connectivity index is 1.79. The lowest BCUT2D eigenvalue weighted by molar-refractivity contribution is -0.138. The maximum absolute atomic E-state index is 12.9. The smallest absolute Gasteiger partial charge is 0.342 e. The molecule has 1 unspecified atom stereocenters. The van der Waals surface area contributed by atoms with Crippen molar-refractivity contribution in [2.45, 2.75) is 38.9 Å². The molecule has 8 nitrogen and oxygen atoms in total. The molecule has 39 heavy (non-hydrogen) atoms. The number of carbonyl (C=O) groups is 2. The van der Waals surface area contributed by atoms with E-state index in [9.17, 15) is 9.59 Å². The fourth-order valence-corrected chi connectivity index (χ4v) is 5.39. The van der Waals surface area contributed by atoms with E-state index < -0.39 is 18.0 Å². The number of ether oxygens (including phenoxy) is 2. The number of aryl methyl sites for hydroxylation is 1. The fraction of sp³-hybridized carbons (Fsp3) is 0.250. The molecule has 0 bridgehead atoms. The molecular weight excluding hydrogens is 559 g/mol.